The molecule has 0 saturated carbocycles. The summed E-state index contributed by atoms with van der Waals surface area (Å²) in [6.07, 6.45) is 1.82. The Labute approximate surface area is 189 Å². The van der Waals surface area contributed by atoms with Crippen molar-refractivity contribution in [1.82, 2.24) is 28.5 Å². The zero-order valence-corrected chi connectivity index (χ0v) is 19.1. The molecule has 0 amide bonds. The van der Waals surface area contributed by atoms with Gasteiger partial charge in [-0.05, 0) is 25.8 Å². The fourth-order valence-electron chi connectivity index (χ4n) is 3.96. The maximum atomic E-state index is 12.7. The highest BCUT2D eigenvalue weighted by Crippen LogP contribution is 2.16. The lowest BCUT2D eigenvalue weighted by Gasteiger charge is -2.09. The molecule has 0 unspecified atom stereocenters. The third-order valence-electron chi connectivity index (χ3n) is 5.72. The molecule has 0 spiro atoms. The molecule has 0 radical (unpaired) electrons. The Morgan fingerprint density at radius 2 is 1.82 bits per heavy atom. The van der Waals surface area contributed by atoms with Gasteiger partial charge in [-0.3, -0.25) is 18.6 Å². The predicted molar refractivity (Wildman–Crippen MR) is 122 cm³/mol. The number of aromatic nitrogens is 6. The fourth-order valence-corrected chi connectivity index (χ4v) is 3.96. The first-order valence-corrected chi connectivity index (χ1v) is 10.7. The Kier molecular flexibility index (Phi) is 5.99. The summed E-state index contributed by atoms with van der Waals surface area (Å²) in [4.78, 5) is 42.1. The van der Waals surface area contributed by atoms with E-state index in [0.29, 0.717) is 35.4 Å². The van der Waals surface area contributed by atoms with Crippen LogP contribution in [-0.2, 0) is 31.9 Å². The standard InChI is InChI=1S/C23H26N6O4/c1-15-18(16(2)29(25-15)13-17-9-6-5-7-10-17)22(31)33-12-8-11-28-21(30)19-20(24-14-26(19)3)27(4)23(28)32/h5-7,9-10,14H,8,11-13H2,1-4H3. The van der Waals surface area contributed by atoms with Crippen LogP contribution in [0.15, 0.2) is 46.2 Å². The minimum Gasteiger partial charge on any atom is -0.462 e. The minimum atomic E-state index is -0.466. The number of carbonyl (C=O) groups excluding carboxylic acids is 1. The predicted octanol–water partition coefficient (Wildman–Crippen LogP) is 1.54. The Bertz CT molecular complexity index is 1440. The molecule has 0 bridgehead atoms. The molecular weight excluding hydrogens is 424 g/mol. The summed E-state index contributed by atoms with van der Waals surface area (Å²) in [6, 6.07) is 9.88. The molecule has 10 heteroatoms. The van der Waals surface area contributed by atoms with Crippen LogP contribution >= 0.6 is 0 Å². The Morgan fingerprint density at radius 1 is 1.09 bits per heavy atom. The SMILES string of the molecule is Cc1nn(Cc2ccccc2)c(C)c1C(=O)OCCCn1c(=O)c2c(ncn2C)n(C)c1=O. The normalized spacial score (nSPS) is 11.3. The van der Waals surface area contributed by atoms with E-state index in [1.807, 2.05) is 37.3 Å². The maximum absolute atomic E-state index is 12.7. The lowest BCUT2D eigenvalue weighted by atomic mass is 10.2. The van der Waals surface area contributed by atoms with Gasteiger partial charge in [0.1, 0.15) is 5.56 Å². The number of imidazole rings is 1. The van der Waals surface area contributed by atoms with Crippen molar-refractivity contribution in [2.45, 2.75) is 33.4 Å². The average molecular weight is 450 g/mol. The van der Waals surface area contributed by atoms with Crippen molar-refractivity contribution in [3.05, 3.63) is 80.0 Å². The highest BCUT2D eigenvalue weighted by atomic mass is 16.5. The molecule has 0 aliphatic carbocycles. The van der Waals surface area contributed by atoms with Gasteiger partial charge in [-0.1, -0.05) is 30.3 Å². The molecule has 1 aromatic carbocycles. The zero-order chi connectivity index (χ0) is 23.7. The molecule has 33 heavy (non-hydrogen) atoms. The van der Waals surface area contributed by atoms with E-state index in [9.17, 15) is 14.4 Å². The number of hydrogen-bond donors (Lipinski definition) is 0. The Balaban J connectivity index is 1.43. The summed E-state index contributed by atoms with van der Waals surface area (Å²) >= 11 is 0. The number of ether oxygens (including phenoxy) is 1. The van der Waals surface area contributed by atoms with Crippen LogP contribution in [0, 0.1) is 13.8 Å². The van der Waals surface area contributed by atoms with Crippen molar-refractivity contribution >= 4 is 17.1 Å². The van der Waals surface area contributed by atoms with E-state index in [4.69, 9.17) is 4.74 Å². The van der Waals surface area contributed by atoms with Gasteiger partial charge in [-0.2, -0.15) is 5.10 Å². The zero-order valence-electron chi connectivity index (χ0n) is 19.1. The molecule has 0 saturated heterocycles. The number of carbonyl (C=O) groups is 1. The van der Waals surface area contributed by atoms with Crippen LogP contribution in [0.25, 0.3) is 11.2 Å². The molecule has 4 aromatic rings. The Morgan fingerprint density at radius 3 is 2.55 bits per heavy atom. The van der Waals surface area contributed by atoms with Crippen LogP contribution in [0.1, 0.15) is 33.7 Å². The second-order valence-corrected chi connectivity index (χ2v) is 8.00. The average Bonchev–Trinajstić information content (AvgIpc) is 3.31. The maximum Gasteiger partial charge on any atom is 0.341 e. The molecule has 10 nitrogen and oxygen atoms in total. The summed E-state index contributed by atoms with van der Waals surface area (Å²) in [5, 5.41) is 4.49. The number of esters is 1. The van der Waals surface area contributed by atoms with E-state index in [2.05, 4.69) is 10.1 Å². The van der Waals surface area contributed by atoms with Gasteiger partial charge in [0.05, 0.1) is 30.9 Å². The number of nitrogens with zero attached hydrogens (tertiary/aromatic N) is 6. The van der Waals surface area contributed by atoms with E-state index in [1.165, 1.54) is 10.9 Å². The van der Waals surface area contributed by atoms with Crippen molar-refractivity contribution in [3.8, 4) is 0 Å². The topological polar surface area (TPSA) is 106 Å². The highest BCUT2D eigenvalue weighted by molar-refractivity contribution is 5.91. The lowest BCUT2D eigenvalue weighted by molar-refractivity contribution is 0.0493. The van der Waals surface area contributed by atoms with Gasteiger partial charge < -0.3 is 9.30 Å². The van der Waals surface area contributed by atoms with Gasteiger partial charge in [0.15, 0.2) is 11.2 Å². The monoisotopic (exact) mass is 450 g/mol. The summed E-state index contributed by atoms with van der Waals surface area (Å²) < 4.78 is 11.3. The van der Waals surface area contributed by atoms with Gasteiger partial charge in [-0.15, -0.1) is 0 Å². The molecule has 172 valence electrons. The third kappa shape index (κ3) is 4.11. The van der Waals surface area contributed by atoms with Crippen molar-refractivity contribution in [3.63, 3.8) is 0 Å². The van der Waals surface area contributed by atoms with Gasteiger partial charge in [-0.25, -0.2) is 14.6 Å². The van der Waals surface area contributed by atoms with Crippen LogP contribution < -0.4 is 11.2 Å². The van der Waals surface area contributed by atoms with Gasteiger partial charge in [0.25, 0.3) is 5.56 Å². The molecule has 0 atom stereocenters. The summed E-state index contributed by atoms with van der Waals surface area (Å²) in [6.45, 7) is 4.37. The summed E-state index contributed by atoms with van der Waals surface area (Å²) in [5.74, 6) is -0.466. The lowest BCUT2D eigenvalue weighted by Crippen LogP contribution is -2.39. The summed E-state index contributed by atoms with van der Waals surface area (Å²) in [5.41, 5.74) is 2.68. The first-order chi connectivity index (χ1) is 15.8. The second-order valence-electron chi connectivity index (χ2n) is 8.00. The highest BCUT2D eigenvalue weighted by Gasteiger charge is 2.20. The van der Waals surface area contributed by atoms with E-state index in [0.717, 1.165) is 15.8 Å². The van der Waals surface area contributed by atoms with Crippen LogP contribution in [0.3, 0.4) is 0 Å². The van der Waals surface area contributed by atoms with Gasteiger partial charge in [0.2, 0.25) is 0 Å². The molecule has 0 aliphatic heterocycles. The van der Waals surface area contributed by atoms with Crippen LogP contribution in [0.2, 0.25) is 0 Å². The van der Waals surface area contributed by atoms with E-state index in [-0.39, 0.29) is 13.2 Å². The molecule has 0 fully saturated rings. The Hall–Kier alpha value is -3.95. The van der Waals surface area contributed by atoms with Crippen molar-refractivity contribution in [1.29, 1.82) is 0 Å². The molecule has 0 N–H and O–H groups in total. The molecule has 4 rings (SSSR count). The molecule has 3 heterocycles. The van der Waals surface area contributed by atoms with Crippen molar-refractivity contribution in [2.24, 2.45) is 14.1 Å². The number of hydrogen-bond acceptors (Lipinski definition) is 6. The smallest absolute Gasteiger partial charge is 0.341 e. The van der Waals surface area contributed by atoms with E-state index < -0.39 is 17.2 Å². The number of fused-ring (bicyclic) bond motifs is 1. The van der Waals surface area contributed by atoms with Crippen LogP contribution in [0.4, 0.5) is 0 Å². The van der Waals surface area contributed by atoms with Gasteiger partial charge in [0, 0.05) is 20.6 Å². The van der Waals surface area contributed by atoms with Crippen molar-refractivity contribution < 1.29 is 9.53 Å². The number of benzene rings is 1. The van der Waals surface area contributed by atoms with E-state index in [1.54, 1.807) is 30.3 Å². The quantitative estimate of drug-likeness (QED) is 0.312. The molecule has 3 aromatic heterocycles. The van der Waals surface area contributed by atoms with Gasteiger partial charge >= 0.3 is 11.7 Å². The van der Waals surface area contributed by atoms with E-state index >= 15 is 0 Å². The summed E-state index contributed by atoms with van der Waals surface area (Å²) in [7, 11) is 3.28. The third-order valence-corrected chi connectivity index (χ3v) is 5.72. The van der Waals surface area contributed by atoms with Crippen LogP contribution in [-0.4, -0.2) is 41.0 Å². The molecule has 0 aliphatic rings. The number of rotatable bonds is 7. The first kappa shape index (κ1) is 22.3. The number of aryl methyl sites for hydroxylation is 3. The molecular formula is C23H26N6O4. The second kappa shape index (κ2) is 8.89. The van der Waals surface area contributed by atoms with Crippen molar-refractivity contribution in [2.75, 3.05) is 6.61 Å². The minimum absolute atomic E-state index is 0.0700. The fraction of sp³-hybridized carbons (Fsp3) is 0.348. The first-order valence-electron chi connectivity index (χ1n) is 10.7. The van der Waals surface area contributed by atoms with Crippen LogP contribution in [0.5, 0.6) is 0 Å². The largest absolute Gasteiger partial charge is 0.462 e.